The van der Waals surface area contributed by atoms with Crippen LogP contribution in [0.25, 0.3) is 0 Å². The molecule has 0 aromatic heterocycles. The Morgan fingerprint density at radius 3 is 2.58 bits per heavy atom. The second kappa shape index (κ2) is 14.5. The van der Waals surface area contributed by atoms with Gasteiger partial charge in [-0.05, 0) is 53.0 Å². The lowest BCUT2D eigenvalue weighted by atomic mass is 10.1. The van der Waals surface area contributed by atoms with E-state index in [0.29, 0.717) is 32.3 Å². The Bertz CT molecular complexity index is 543. The zero-order valence-electron chi connectivity index (χ0n) is 16.0. The third-order valence-corrected chi connectivity index (χ3v) is 5.48. The molecular formula is C19H33BrNO4P. The molecule has 0 bridgehead atoms. The number of ether oxygens (including phenoxy) is 2. The van der Waals surface area contributed by atoms with Crippen LogP contribution in [0.1, 0.15) is 57.4 Å². The van der Waals surface area contributed by atoms with Crippen molar-refractivity contribution in [3.05, 3.63) is 22.2 Å². The van der Waals surface area contributed by atoms with Gasteiger partial charge in [-0.25, -0.2) is 0 Å². The fourth-order valence-corrected chi connectivity index (χ4v) is 3.75. The van der Waals surface area contributed by atoms with Crippen molar-refractivity contribution in [2.75, 3.05) is 26.4 Å². The van der Waals surface area contributed by atoms with Gasteiger partial charge in [-0.3, -0.25) is 4.57 Å². The predicted octanol–water partition coefficient (Wildman–Crippen LogP) is 5.14. The van der Waals surface area contributed by atoms with Crippen LogP contribution in [-0.4, -0.2) is 31.3 Å². The molecule has 0 aliphatic heterocycles. The molecule has 0 saturated carbocycles. The highest BCUT2D eigenvalue weighted by molar-refractivity contribution is 9.10. The van der Waals surface area contributed by atoms with Crippen molar-refractivity contribution in [2.45, 2.75) is 58.4 Å². The van der Waals surface area contributed by atoms with Gasteiger partial charge in [0.1, 0.15) is 0 Å². The van der Waals surface area contributed by atoms with E-state index in [1.54, 1.807) is 7.11 Å². The molecule has 1 aromatic carbocycles. The Kier molecular flexibility index (Phi) is 13.1. The summed E-state index contributed by atoms with van der Waals surface area (Å²) in [7, 11) is -0.705. The summed E-state index contributed by atoms with van der Waals surface area (Å²) in [6.45, 7) is 4.31. The number of unbranched alkanes of at least 4 members (excludes halogenated alkanes) is 5. The molecule has 0 aliphatic rings. The monoisotopic (exact) mass is 449 g/mol. The van der Waals surface area contributed by atoms with Crippen LogP contribution < -0.4 is 14.8 Å². The highest BCUT2D eigenvalue weighted by Gasteiger charge is 2.11. The fraction of sp³-hybridized carbons (Fsp3) is 0.684. The number of hydrogen-bond acceptors (Lipinski definition) is 4. The molecule has 2 N–H and O–H groups in total. The van der Waals surface area contributed by atoms with E-state index in [9.17, 15) is 4.57 Å². The van der Waals surface area contributed by atoms with Gasteiger partial charge in [0.2, 0.25) is 0 Å². The van der Waals surface area contributed by atoms with Crippen LogP contribution in [0.5, 0.6) is 11.5 Å². The third kappa shape index (κ3) is 9.96. The summed E-state index contributed by atoms with van der Waals surface area (Å²) < 4.78 is 23.0. The van der Waals surface area contributed by atoms with E-state index in [2.05, 4.69) is 28.2 Å². The first-order valence-corrected chi connectivity index (χ1v) is 11.9. The van der Waals surface area contributed by atoms with Gasteiger partial charge in [0, 0.05) is 12.7 Å². The average Bonchev–Trinajstić information content (AvgIpc) is 2.61. The van der Waals surface area contributed by atoms with Crippen molar-refractivity contribution in [1.29, 1.82) is 0 Å². The van der Waals surface area contributed by atoms with E-state index in [4.69, 9.17) is 14.4 Å². The smallest absolute Gasteiger partial charge is 0.189 e. The van der Waals surface area contributed by atoms with Crippen molar-refractivity contribution in [2.24, 2.45) is 0 Å². The van der Waals surface area contributed by atoms with E-state index in [-0.39, 0.29) is 0 Å². The Labute approximate surface area is 166 Å². The topological polar surface area (TPSA) is 67.8 Å². The Hall–Kier alpha value is -0.550. The molecule has 1 rings (SSSR count). The van der Waals surface area contributed by atoms with Gasteiger partial charge < -0.3 is 19.7 Å². The van der Waals surface area contributed by atoms with Crippen molar-refractivity contribution >= 4 is 24.0 Å². The first-order chi connectivity index (χ1) is 12.6. The molecule has 0 spiro atoms. The minimum Gasteiger partial charge on any atom is -0.493 e. The molecule has 0 heterocycles. The molecule has 1 unspecified atom stereocenters. The normalized spacial score (nSPS) is 12.2. The molecular weight excluding hydrogens is 417 g/mol. The van der Waals surface area contributed by atoms with Crippen LogP contribution in [0.2, 0.25) is 0 Å². The lowest BCUT2D eigenvalue weighted by Gasteiger charge is -2.15. The van der Waals surface area contributed by atoms with Crippen LogP contribution >= 0.6 is 24.0 Å². The molecule has 0 amide bonds. The molecule has 26 heavy (non-hydrogen) atoms. The molecule has 1 aromatic rings. The summed E-state index contributed by atoms with van der Waals surface area (Å²) in [5.74, 6) is 1.48. The second-order valence-corrected chi connectivity index (χ2v) is 8.54. The van der Waals surface area contributed by atoms with Crippen LogP contribution in [0, 0.1) is 0 Å². The standard InChI is InChI=1S/C19H33BrNO4P/c1-3-4-5-6-7-8-11-25-19-17(20)13-16(14-18(19)24-2)15-21-10-9-12-26(22)23/h13-14,21,26H,3-12,15H2,1-2H3,(H,22,23). The number of halogens is 1. The molecule has 5 nitrogen and oxygen atoms in total. The molecule has 0 fully saturated rings. The second-order valence-electron chi connectivity index (χ2n) is 6.40. The summed E-state index contributed by atoms with van der Waals surface area (Å²) in [4.78, 5) is 8.83. The SMILES string of the molecule is CCCCCCCCOc1c(Br)cc(CNCCC[PH](=O)O)cc1OC. The average molecular weight is 450 g/mol. The molecule has 150 valence electrons. The van der Waals surface area contributed by atoms with E-state index in [1.165, 1.54) is 32.1 Å². The van der Waals surface area contributed by atoms with Gasteiger partial charge in [-0.2, -0.15) is 0 Å². The van der Waals surface area contributed by atoms with E-state index >= 15 is 0 Å². The number of nitrogens with one attached hydrogen (secondary N) is 1. The quantitative estimate of drug-likeness (QED) is 0.286. The summed E-state index contributed by atoms with van der Waals surface area (Å²) in [5, 5.41) is 3.28. The number of benzene rings is 1. The molecule has 1 atom stereocenters. The van der Waals surface area contributed by atoms with Crippen molar-refractivity contribution in [1.82, 2.24) is 5.32 Å². The van der Waals surface area contributed by atoms with E-state index < -0.39 is 8.03 Å². The maximum Gasteiger partial charge on any atom is 0.189 e. The zero-order chi connectivity index (χ0) is 19.2. The predicted molar refractivity (Wildman–Crippen MR) is 112 cm³/mol. The molecule has 0 saturated heterocycles. The van der Waals surface area contributed by atoms with Crippen LogP contribution in [0.3, 0.4) is 0 Å². The van der Waals surface area contributed by atoms with Gasteiger partial charge in [0.25, 0.3) is 0 Å². The third-order valence-electron chi connectivity index (χ3n) is 4.11. The largest absolute Gasteiger partial charge is 0.493 e. The Balaban J connectivity index is 2.43. The number of methoxy groups -OCH3 is 1. The lowest BCUT2D eigenvalue weighted by molar-refractivity contribution is 0.282. The minimum absolute atomic E-state index is 0.371. The van der Waals surface area contributed by atoms with Crippen LogP contribution in [-0.2, 0) is 11.1 Å². The van der Waals surface area contributed by atoms with Crippen molar-refractivity contribution in [3.8, 4) is 11.5 Å². The Morgan fingerprint density at radius 2 is 1.88 bits per heavy atom. The summed E-state index contributed by atoms with van der Waals surface area (Å²) in [5.41, 5.74) is 1.08. The lowest BCUT2D eigenvalue weighted by Crippen LogP contribution is -2.15. The minimum atomic E-state index is -2.35. The molecule has 7 heteroatoms. The van der Waals surface area contributed by atoms with E-state index in [1.807, 2.05) is 12.1 Å². The van der Waals surface area contributed by atoms with E-state index in [0.717, 1.165) is 28.0 Å². The zero-order valence-corrected chi connectivity index (χ0v) is 18.6. The summed E-state index contributed by atoms with van der Waals surface area (Å²) in [6.07, 6.45) is 8.48. The number of hydrogen-bond donors (Lipinski definition) is 2. The van der Waals surface area contributed by atoms with Crippen LogP contribution in [0.4, 0.5) is 0 Å². The van der Waals surface area contributed by atoms with Gasteiger partial charge >= 0.3 is 0 Å². The first kappa shape index (κ1) is 23.5. The Morgan fingerprint density at radius 1 is 1.15 bits per heavy atom. The van der Waals surface area contributed by atoms with Gasteiger partial charge in [-0.1, -0.05) is 39.0 Å². The maximum absolute atomic E-state index is 10.7. The number of rotatable bonds is 15. The van der Waals surface area contributed by atoms with Crippen molar-refractivity contribution in [3.63, 3.8) is 0 Å². The molecule has 0 aliphatic carbocycles. The first-order valence-electron chi connectivity index (χ1n) is 9.50. The fourth-order valence-electron chi connectivity index (χ4n) is 2.67. The summed E-state index contributed by atoms with van der Waals surface area (Å²) in [6, 6.07) is 4.00. The molecule has 0 radical (unpaired) electrons. The maximum atomic E-state index is 10.7. The van der Waals surface area contributed by atoms with Crippen molar-refractivity contribution < 1.29 is 18.9 Å². The van der Waals surface area contributed by atoms with Crippen LogP contribution in [0.15, 0.2) is 16.6 Å². The summed E-state index contributed by atoms with van der Waals surface area (Å²) >= 11 is 3.58. The van der Waals surface area contributed by atoms with Gasteiger partial charge in [0.05, 0.1) is 18.2 Å². The highest BCUT2D eigenvalue weighted by Crippen LogP contribution is 2.36. The van der Waals surface area contributed by atoms with Gasteiger partial charge in [-0.15, -0.1) is 0 Å². The highest BCUT2D eigenvalue weighted by atomic mass is 79.9. The van der Waals surface area contributed by atoms with Gasteiger partial charge in [0.15, 0.2) is 19.5 Å².